The first-order valence-electron chi connectivity index (χ1n) is 5.48. The molecule has 110 valence electrons. The van der Waals surface area contributed by atoms with Gasteiger partial charge in [-0.05, 0) is 5.56 Å². The third-order valence-corrected chi connectivity index (χ3v) is 3.74. The van der Waals surface area contributed by atoms with Gasteiger partial charge < -0.3 is 15.9 Å². The average Bonchev–Trinajstić information content (AvgIpc) is 2.35. The van der Waals surface area contributed by atoms with E-state index in [0.717, 1.165) is 0 Å². The zero-order valence-corrected chi connectivity index (χ0v) is 11.1. The first-order valence-corrected chi connectivity index (χ1v) is 7.13. The van der Waals surface area contributed by atoms with Gasteiger partial charge in [-0.15, -0.1) is 0 Å². The van der Waals surface area contributed by atoms with Gasteiger partial charge in [-0.2, -0.15) is 4.72 Å². The number of hydrogen-bond donors (Lipinski definition) is 4. The minimum atomic E-state index is -4.03. The standard InChI is InChI=1S/C11H14N2O6S/c12-8(10(14)15)9(11(16)17)13-20(18,19)6-7-4-2-1-3-5-7/h1-5,8-9,13H,6,12H2,(H,14,15)(H,16,17)/t8-,9?/m0/s1. The topological polar surface area (TPSA) is 147 Å². The van der Waals surface area contributed by atoms with Gasteiger partial charge in [0.25, 0.3) is 0 Å². The van der Waals surface area contributed by atoms with E-state index in [1.807, 2.05) is 0 Å². The number of carbonyl (C=O) groups is 2. The van der Waals surface area contributed by atoms with Crippen molar-refractivity contribution in [2.75, 3.05) is 0 Å². The van der Waals surface area contributed by atoms with Crippen LogP contribution in [0.4, 0.5) is 0 Å². The third-order valence-electron chi connectivity index (χ3n) is 2.42. The van der Waals surface area contributed by atoms with Crippen molar-refractivity contribution in [2.24, 2.45) is 5.73 Å². The number of aliphatic carboxylic acids is 2. The van der Waals surface area contributed by atoms with E-state index >= 15 is 0 Å². The van der Waals surface area contributed by atoms with Crippen molar-refractivity contribution in [1.82, 2.24) is 4.72 Å². The summed E-state index contributed by atoms with van der Waals surface area (Å²) in [4.78, 5) is 21.6. The van der Waals surface area contributed by atoms with E-state index in [9.17, 15) is 18.0 Å². The van der Waals surface area contributed by atoms with E-state index in [-0.39, 0.29) is 0 Å². The molecule has 0 heterocycles. The molecule has 1 unspecified atom stereocenters. The highest BCUT2D eigenvalue weighted by molar-refractivity contribution is 7.88. The lowest BCUT2D eigenvalue weighted by atomic mass is 10.1. The molecule has 5 N–H and O–H groups in total. The second-order valence-electron chi connectivity index (χ2n) is 4.04. The fraction of sp³-hybridized carbons (Fsp3) is 0.273. The summed E-state index contributed by atoms with van der Waals surface area (Å²) in [6.45, 7) is 0. The fourth-order valence-electron chi connectivity index (χ4n) is 1.45. The number of rotatable bonds is 7. The van der Waals surface area contributed by atoms with Gasteiger partial charge in [-0.1, -0.05) is 30.3 Å². The monoisotopic (exact) mass is 302 g/mol. The van der Waals surface area contributed by atoms with Crippen LogP contribution in [0.1, 0.15) is 5.56 Å². The van der Waals surface area contributed by atoms with E-state index in [0.29, 0.717) is 5.56 Å². The smallest absolute Gasteiger partial charge is 0.323 e. The lowest BCUT2D eigenvalue weighted by Gasteiger charge is -2.18. The Hall–Kier alpha value is -1.97. The average molecular weight is 302 g/mol. The Labute approximate surface area is 115 Å². The van der Waals surface area contributed by atoms with E-state index in [1.54, 1.807) is 35.1 Å². The van der Waals surface area contributed by atoms with E-state index in [2.05, 4.69) is 0 Å². The van der Waals surface area contributed by atoms with Gasteiger partial charge in [-0.25, -0.2) is 8.42 Å². The molecule has 0 fully saturated rings. The van der Waals surface area contributed by atoms with Crippen molar-refractivity contribution < 1.29 is 28.2 Å². The van der Waals surface area contributed by atoms with Gasteiger partial charge in [0, 0.05) is 0 Å². The minimum absolute atomic E-state index is 0.438. The second-order valence-corrected chi connectivity index (χ2v) is 5.80. The molecule has 0 aliphatic heterocycles. The fourth-order valence-corrected chi connectivity index (χ4v) is 2.80. The van der Waals surface area contributed by atoms with Crippen LogP contribution in [-0.4, -0.2) is 42.7 Å². The van der Waals surface area contributed by atoms with E-state index < -0.39 is 39.8 Å². The maximum atomic E-state index is 11.8. The van der Waals surface area contributed by atoms with Gasteiger partial charge in [0.2, 0.25) is 10.0 Å². The van der Waals surface area contributed by atoms with E-state index in [1.165, 1.54) is 0 Å². The zero-order valence-electron chi connectivity index (χ0n) is 10.3. The molecular formula is C11H14N2O6S. The largest absolute Gasteiger partial charge is 0.480 e. The van der Waals surface area contributed by atoms with Crippen LogP contribution in [0.15, 0.2) is 30.3 Å². The van der Waals surface area contributed by atoms with Crippen LogP contribution in [0.25, 0.3) is 0 Å². The van der Waals surface area contributed by atoms with Crippen LogP contribution in [0.2, 0.25) is 0 Å². The highest BCUT2D eigenvalue weighted by Gasteiger charge is 2.34. The summed E-state index contributed by atoms with van der Waals surface area (Å²) in [5.74, 6) is -3.74. The number of hydrogen-bond acceptors (Lipinski definition) is 5. The Balaban J connectivity index is 2.87. The minimum Gasteiger partial charge on any atom is -0.480 e. The van der Waals surface area contributed by atoms with Crippen LogP contribution in [0, 0.1) is 0 Å². The van der Waals surface area contributed by atoms with Crippen molar-refractivity contribution in [3.63, 3.8) is 0 Å². The van der Waals surface area contributed by atoms with Crippen molar-refractivity contribution in [3.05, 3.63) is 35.9 Å². The molecule has 0 spiro atoms. The van der Waals surface area contributed by atoms with Gasteiger partial charge in [0.1, 0.15) is 12.1 Å². The third kappa shape index (κ3) is 4.61. The molecule has 0 aliphatic carbocycles. The Kier molecular flexibility index (Phi) is 5.19. The zero-order chi connectivity index (χ0) is 15.3. The number of carboxylic acid groups (broad SMARTS) is 2. The first kappa shape index (κ1) is 16.1. The van der Waals surface area contributed by atoms with E-state index in [4.69, 9.17) is 15.9 Å². The lowest BCUT2D eigenvalue weighted by Crippen LogP contribution is -2.55. The SMILES string of the molecule is N[C@H](C(=O)O)C(NS(=O)(=O)Cc1ccccc1)C(=O)O. The maximum Gasteiger partial charge on any atom is 0.323 e. The summed E-state index contributed by atoms with van der Waals surface area (Å²) in [6, 6.07) is 4.24. The van der Waals surface area contributed by atoms with Crippen LogP contribution in [-0.2, 0) is 25.4 Å². The number of benzene rings is 1. The van der Waals surface area contributed by atoms with Crippen LogP contribution < -0.4 is 10.5 Å². The molecule has 1 aromatic rings. The number of carboxylic acids is 2. The van der Waals surface area contributed by atoms with Crippen molar-refractivity contribution in [2.45, 2.75) is 17.8 Å². The van der Waals surface area contributed by atoms with Crippen LogP contribution in [0.5, 0.6) is 0 Å². The van der Waals surface area contributed by atoms with Gasteiger partial charge >= 0.3 is 11.9 Å². The van der Waals surface area contributed by atoms with Crippen molar-refractivity contribution in [3.8, 4) is 0 Å². The molecule has 0 saturated heterocycles. The second kappa shape index (κ2) is 6.46. The Morgan fingerprint density at radius 1 is 1.15 bits per heavy atom. The summed E-state index contributed by atoms with van der Waals surface area (Å²) in [5.41, 5.74) is 5.59. The molecule has 0 radical (unpaired) electrons. The van der Waals surface area contributed by atoms with Gasteiger partial charge in [-0.3, -0.25) is 9.59 Å². The van der Waals surface area contributed by atoms with Crippen molar-refractivity contribution >= 4 is 22.0 Å². The summed E-state index contributed by atoms with van der Waals surface area (Å²) < 4.78 is 25.4. The normalized spacial score (nSPS) is 14.4. The molecule has 0 saturated carbocycles. The predicted molar refractivity (Wildman–Crippen MR) is 69.2 cm³/mol. The van der Waals surface area contributed by atoms with Crippen LogP contribution >= 0.6 is 0 Å². The molecule has 0 amide bonds. The highest BCUT2D eigenvalue weighted by Crippen LogP contribution is 2.06. The maximum absolute atomic E-state index is 11.8. The summed E-state index contributed by atoms with van der Waals surface area (Å²) in [6.07, 6.45) is 0. The molecule has 1 rings (SSSR count). The predicted octanol–water partition coefficient (Wildman–Crippen LogP) is -1.03. The Morgan fingerprint density at radius 2 is 1.70 bits per heavy atom. The Morgan fingerprint density at radius 3 is 2.15 bits per heavy atom. The number of nitrogens with two attached hydrogens (primary N) is 1. The molecule has 0 aliphatic rings. The molecule has 2 atom stereocenters. The van der Waals surface area contributed by atoms with Crippen molar-refractivity contribution in [1.29, 1.82) is 0 Å². The van der Waals surface area contributed by atoms with Gasteiger partial charge in [0.15, 0.2) is 0 Å². The summed E-state index contributed by atoms with van der Waals surface area (Å²) in [5, 5.41) is 17.5. The van der Waals surface area contributed by atoms with Crippen LogP contribution in [0.3, 0.4) is 0 Å². The lowest BCUT2D eigenvalue weighted by molar-refractivity contribution is -0.146. The highest BCUT2D eigenvalue weighted by atomic mass is 32.2. The molecule has 9 heteroatoms. The molecule has 0 aromatic heterocycles. The quantitative estimate of drug-likeness (QED) is 0.503. The summed E-state index contributed by atoms with van der Waals surface area (Å²) >= 11 is 0. The molecule has 1 aromatic carbocycles. The molecule has 20 heavy (non-hydrogen) atoms. The first-order chi connectivity index (χ1) is 9.23. The summed E-state index contributed by atoms with van der Waals surface area (Å²) in [7, 11) is -4.03. The molecule has 8 nitrogen and oxygen atoms in total. The number of sulfonamides is 1. The number of nitrogens with one attached hydrogen (secondary N) is 1. The molecular weight excluding hydrogens is 288 g/mol. The Bertz CT molecular complexity index is 586. The van der Waals surface area contributed by atoms with Gasteiger partial charge in [0.05, 0.1) is 5.75 Å². The molecule has 0 bridgehead atoms.